The first kappa shape index (κ1) is 32.7. The standard InChI is InChI=1S/C26H48O10/c1-3-5-7-8-9-10-11-13-15-22(29)35-19(17-33-21(28)14-12-6-4-2)18-34-26-25(32)24(31)23(30)20(16-27)36-26/h19-20,23-27,30-32H,3-18H2,1-2H3/t19-,20-,23+,24+,25-,26-/m1/s1. The van der Waals surface area contributed by atoms with Crippen LogP contribution in [-0.4, -0.2) is 89.0 Å². The number of aliphatic hydroxyl groups is 4. The summed E-state index contributed by atoms with van der Waals surface area (Å²) < 4.78 is 21.6. The average Bonchev–Trinajstić information content (AvgIpc) is 2.87. The lowest BCUT2D eigenvalue weighted by molar-refractivity contribution is -0.305. The van der Waals surface area contributed by atoms with Gasteiger partial charge in [-0.15, -0.1) is 0 Å². The van der Waals surface area contributed by atoms with Crippen molar-refractivity contribution in [3.63, 3.8) is 0 Å². The van der Waals surface area contributed by atoms with Crippen LogP contribution in [-0.2, 0) is 28.5 Å². The fourth-order valence-electron chi connectivity index (χ4n) is 3.95. The van der Waals surface area contributed by atoms with Crippen LogP contribution in [0.25, 0.3) is 0 Å². The number of hydrogen-bond acceptors (Lipinski definition) is 10. The number of esters is 2. The number of carbonyl (C=O) groups excluding carboxylic acids is 2. The minimum absolute atomic E-state index is 0.217. The molecule has 1 aliphatic rings. The molecule has 1 heterocycles. The van der Waals surface area contributed by atoms with E-state index in [-0.39, 0.29) is 26.1 Å². The predicted molar refractivity (Wildman–Crippen MR) is 132 cm³/mol. The van der Waals surface area contributed by atoms with E-state index in [4.69, 9.17) is 18.9 Å². The average molecular weight is 521 g/mol. The third-order valence-electron chi connectivity index (χ3n) is 6.24. The maximum absolute atomic E-state index is 12.4. The molecule has 212 valence electrons. The van der Waals surface area contributed by atoms with Gasteiger partial charge in [-0.1, -0.05) is 71.6 Å². The quantitative estimate of drug-likeness (QED) is 0.139. The van der Waals surface area contributed by atoms with Crippen LogP contribution in [0.1, 0.15) is 97.3 Å². The highest BCUT2D eigenvalue weighted by atomic mass is 16.7. The molecular formula is C26H48O10. The fourth-order valence-corrected chi connectivity index (χ4v) is 3.95. The molecule has 0 radical (unpaired) electrons. The molecule has 36 heavy (non-hydrogen) atoms. The summed E-state index contributed by atoms with van der Waals surface area (Å²) in [6.07, 6.45) is 3.76. The number of ether oxygens (including phenoxy) is 4. The molecule has 0 aromatic heterocycles. The second-order valence-electron chi connectivity index (χ2n) is 9.51. The van der Waals surface area contributed by atoms with Gasteiger partial charge in [-0.05, 0) is 12.8 Å². The molecule has 6 atom stereocenters. The van der Waals surface area contributed by atoms with Crippen LogP contribution >= 0.6 is 0 Å². The van der Waals surface area contributed by atoms with Gasteiger partial charge in [0, 0.05) is 12.8 Å². The van der Waals surface area contributed by atoms with E-state index < -0.39 is 55.4 Å². The van der Waals surface area contributed by atoms with Crippen molar-refractivity contribution < 1.29 is 49.0 Å². The topological polar surface area (TPSA) is 152 Å². The van der Waals surface area contributed by atoms with Crippen LogP contribution in [0.5, 0.6) is 0 Å². The molecule has 0 unspecified atom stereocenters. The van der Waals surface area contributed by atoms with E-state index in [1.807, 2.05) is 6.92 Å². The lowest BCUT2D eigenvalue weighted by Crippen LogP contribution is -2.59. The Balaban J connectivity index is 2.53. The van der Waals surface area contributed by atoms with Gasteiger partial charge in [0.2, 0.25) is 0 Å². The highest BCUT2D eigenvalue weighted by Crippen LogP contribution is 2.22. The molecule has 10 nitrogen and oxygen atoms in total. The maximum Gasteiger partial charge on any atom is 0.306 e. The van der Waals surface area contributed by atoms with Crippen molar-refractivity contribution in [1.82, 2.24) is 0 Å². The number of unbranched alkanes of at least 4 members (excludes halogenated alkanes) is 9. The van der Waals surface area contributed by atoms with Crippen LogP contribution in [0, 0.1) is 0 Å². The van der Waals surface area contributed by atoms with Crippen molar-refractivity contribution in [1.29, 1.82) is 0 Å². The Hall–Kier alpha value is -1.30. The van der Waals surface area contributed by atoms with Crippen LogP contribution in [0.4, 0.5) is 0 Å². The lowest BCUT2D eigenvalue weighted by Gasteiger charge is -2.39. The maximum atomic E-state index is 12.4. The highest BCUT2D eigenvalue weighted by Gasteiger charge is 2.44. The molecule has 1 fully saturated rings. The van der Waals surface area contributed by atoms with Gasteiger partial charge in [-0.25, -0.2) is 0 Å². The van der Waals surface area contributed by atoms with E-state index in [0.717, 1.165) is 32.1 Å². The Labute approximate surface area is 215 Å². The number of carbonyl (C=O) groups is 2. The van der Waals surface area contributed by atoms with E-state index in [2.05, 4.69) is 6.92 Å². The minimum atomic E-state index is -1.58. The summed E-state index contributed by atoms with van der Waals surface area (Å²) in [6, 6.07) is 0. The number of aliphatic hydroxyl groups excluding tert-OH is 4. The van der Waals surface area contributed by atoms with E-state index in [9.17, 15) is 30.0 Å². The Morgan fingerprint density at radius 1 is 0.750 bits per heavy atom. The zero-order valence-electron chi connectivity index (χ0n) is 22.0. The van der Waals surface area contributed by atoms with Crippen molar-refractivity contribution in [2.24, 2.45) is 0 Å². The smallest absolute Gasteiger partial charge is 0.306 e. The van der Waals surface area contributed by atoms with E-state index in [0.29, 0.717) is 12.8 Å². The first-order valence-electron chi connectivity index (χ1n) is 13.6. The Kier molecular flexibility index (Phi) is 18.0. The number of rotatable bonds is 20. The first-order valence-corrected chi connectivity index (χ1v) is 13.6. The molecule has 0 bridgehead atoms. The van der Waals surface area contributed by atoms with Gasteiger partial charge < -0.3 is 39.4 Å². The largest absolute Gasteiger partial charge is 0.462 e. The minimum Gasteiger partial charge on any atom is -0.462 e. The van der Waals surface area contributed by atoms with Gasteiger partial charge >= 0.3 is 11.9 Å². The second kappa shape index (κ2) is 19.8. The molecule has 1 saturated heterocycles. The molecule has 0 saturated carbocycles. The van der Waals surface area contributed by atoms with E-state index >= 15 is 0 Å². The molecule has 1 rings (SSSR count). The molecule has 4 N–H and O–H groups in total. The van der Waals surface area contributed by atoms with Gasteiger partial charge in [0.15, 0.2) is 12.4 Å². The number of hydrogen-bond donors (Lipinski definition) is 4. The molecule has 0 amide bonds. The van der Waals surface area contributed by atoms with Crippen LogP contribution in [0.3, 0.4) is 0 Å². The third kappa shape index (κ3) is 13.3. The summed E-state index contributed by atoms with van der Waals surface area (Å²) in [5.41, 5.74) is 0. The second-order valence-corrected chi connectivity index (χ2v) is 9.51. The van der Waals surface area contributed by atoms with Crippen molar-refractivity contribution >= 4 is 11.9 Å². The summed E-state index contributed by atoms with van der Waals surface area (Å²) in [7, 11) is 0. The normalized spacial score (nSPS) is 24.9. The zero-order chi connectivity index (χ0) is 26.8. The van der Waals surface area contributed by atoms with Crippen molar-refractivity contribution in [2.45, 2.75) is 134 Å². The monoisotopic (exact) mass is 520 g/mol. The fraction of sp³-hybridized carbons (Fsp3) is 0.923. The molecule has 1 aliphatic heterocycles. The van der Waals surface area contributed by atoms with Crippen molar-refractivity contribution in [3.05, 3.63) is 0 Å². The van der Waals surface area contributed by atoms with Gasteiger partial charge in [0.25, 0.3) is 0 Å². The SMILES string of the molecule is CCCCCCCCCCC(=O)O[C@H](COC(=O)CCCCC)CO[C@@H]1O[C@H](CO)[C@H](O)[C@H](O)[C@H]1O. The summed E-state index contributed by atoms with van der Waals surface area (Å²) >= 11 is 0. The van der Waals surface area contributed by atoms with Crippen LogP contribution in [0.2, 0.25) is 0 Å². The summed E-state index contributed by atoms with van der Waals surface area (Å²) in [4.78, 5) is 24.4. The van der Waals surface area contributed by atoms with Crippen LogP contribution < -0.4 is 0 Å². The van der Waals surface area contributed by atoms with Gasteiger partial charge in [0.1, 0.15) is 31.0 Å². The zero-order valence-corrected chi connectivity index (χ0v) is 22.0. The first-order chi connectivity index (χ1) is 17.3. The lowest BCUT2D eigenvalue weighted by atomic mass is 9.99. The Bertz CT molecular complexity index is 585. The predicted octanol–water partition coefficient (Wildman–Crippen LogP) is 2.37. The summed E-state index contributed by atoms with van der Waals surface area (Å²) in [6.45, 7) is 3.14. The van der Waals surface area contributed by atoms with Gasteiger partial charge in [0.05, 0.1) is 13.2 Å². The van der Waals surface area contributed by atoms with Gasteiger partial charge in [-0.3, -0.25) is 9.59 Å². The third-order valence-corrected chi connectivity index (χ3v) is 6.24. The molecule has 0 aromatic carbocycles. The van der Waals surface area contributed by atoms with E-state index in [1.165, 1.54) is 25.7 Å². The molecule has 0 spiro atoms. The van der Waals surface area contributed by atoms with Crippen molar-refractivity contribution in [2.75, 3.05) is 19.8 Å². The molecule has 0 aromatic rings. The van der Waals surface area contributed by atoms with Crippen molar-refractivity contribution in [3.8, 4) is 0 Å². The highest BCUT2D eigenvalue weighted by molar-refractivity contribution is 5.70. The van der Waals surface area contributed by atoms with E-state index in [1.54, 1.807) is 0 Å². The van der Waals surface area contributed by atoms with Crippen LogP contribution in [0.15, 0.2) is 0 Å². The Morgan fingerprint density at radius 2 is 1.31 bits per heavy atom. The summed E-state index contributed by atoms with van der Waals surface area (Å²) in [5.74, 6) is -0.842. The molecular weight excluding hydrogens is 472 g/mol. The Morgan fingerprint density at radius 3 is 1.94 bits per heavy atom. The molecule has 10 heteroatoms. The van der Waals surface area contributed by atoms with Gasteiger partial charge in [-0.2, -0.15) is 0 Å². The molecule has 0 aliphatic carbocycles. The summed E-state index contributed by atoms with van der Waals surface area (Å²) in [5, 5.41) is 39.3.